The lowest BCUT2D eigenvalue weighted by molar-refractivity contribution is 0.695. The van der Waals surface area contributed by atoms with Crippen LogP contribution in [0.15, 0.2) is 109 Å². The van der Waals surface area contributed by atoms with E-state index in [1.807, 2.05) is 18.2 Å². The predicted octanol–water partition coefficient (Wildman–Crippen LogP) is 5.75. The first kappa shape index (κ1) is 16.5. The molecule has 28 heavy (non-hydrogen) atoms. The number of aromatic nitrogens is 2. The van der Waals surface area contributed by atoms with Gasteiger partial charge in [-0.25, -0.2) is 4.98 Å². The van der Waals surface area contributed by atoms with Gasteiger partial charge in [-0.1, -0.05) is 97.1 Å². The van der Waals surface area contributed by atoms with Crippen molar-refractivity contribution in [3.63, 3.8) is 0 Å². The van der Waals surface area contributed by atoms with Crippen LogP contribution in [0, 0.1) is 6.07 Å². The molecule has 1 aromatic heterocycles. The monoisotopic (exact) mass is 359 g/mol. The molecule has 4 aromatic carbocycles. The fourth-order valence-electron chi connectivity index (χ4n) is 4.05. The zero-order valence-corrected chi connectivity index (χ0v) is 15.3. The number of benzene rings is 4. The van der Waals surface area contributed by atoms with E-state index in [9.17, 15) is 0 Å². The smallest absolute Gasteiger partial charge is 0.126 e. The van der Waals surface area contributed by atoms with E-state index in [4.69, 9.17) is 4.98 Å². The molecule has 0 saturated heterocycles. The normalized spacial score (nSPS) is 11.6. The van der Waals surface area contributed by atoms with E-state index in [0.29, 0.717) is 0 Å². The number of aromatic amines is 1. The summed E-state index contributed by atoms with van der Waals surface area (Å²) in [5.41, 5.74) is 4.93. The standard InChI is InChI=1S/C26H19N2/c1-4-12-20(13-5-1)26(21-14-6-2-7-15-21,22-16-8-3-9-17-22)25-27-23-18-10-11-19-24(23)28-25/h1-10,12-19H,(H,27,28). The number of imidazole rings is 1. The molecule has 0 fully saturated rings. The molecule has 0 aliphatic heterocycles. The van der Waals surface area contributed by atoms with Crippen molar-refractivity contribution < 1.29 is 0 Å². The van der Waals surface area contributed by atoms with Gasteiger partial charge >= 0.3 is 0 Å². The van der Waals surface area contributed by atoms with E-state index in [0.717, 1.165) is 16.9 Å². The number of nitrogens with zero attached hydrogens (tertiary/aromatic N) is 1. The van der Waals surface area contributed by atoms with Crippen LogP contribution in [0.5, 0.6) is 0 Å². The SMILES string of the molecule is [c]1ccc2[nH]c(C(c3ccccc3)(c3ccccc3)c3ccccc3)nc2c1. The Balaban J connectivity index is 1.92. The number of fused-ring (bicyclic) bond motifs is 1. The molecule has 1 radical (unpaired) electrons. The van der Waals surface area contributed by atoms with Crippen molar-refractivity contribution in [3.05, 3.63) is 138 Å². The molecule has 133 valence electrons. The Morgan fingerprint density at radius 1 is 0.643 bits per heavy atom. The van der Waals surface area contributed by atoms with Crippen molar-refractivity contribution in [2.45, 2.75) is 5.41 Å². The molecular formula is C26H19N2. The van der Waals surface area contributed by atoms with Gasteiger partial charge in [-0.2, -0.15) is 0 Å². The van der Waals surface area contributed by atoms with Crippen LogP contribution >= 0.6 is 0 Å². The fraction of sp³-hybridized carbons (Fsp3) is 0.0385. The molecule has 0 aliphatic rings. The molecule has 5 aromatic rings. The second-order valence-corrected chi connectivity index (χ2v) is 6.88. The van der Waals surface area contributed by atoms with Crippen molar-refractivity contribution in [3.8, 4) is 0 Å². The van der Waals surface area contributed by atoms with Crippen molar-refractivity contribution in [1.82, 2.24) is 9.97 Å². The topological polar surface area (TPSA) is 28.7 Å². The van der Waals surface area contributed by atoms with E-state index in [1.165, 1.54) is 16.7 Å². The zero-order valence-electron chi connectivity index (χ0n) is 15.3. The molecule has 2 heteroatoms. The highest BCUT2D eigenvalue weighted by Crippen LogP contribution is 2.44. The predicted molar refractivity (Wildman–Crippen MR) is 113 cm³/mol. The number of H-pyrrole nitrogens is 1. The van der Waals surface area contributed by atoms with Gasteiger partial charge in [0.25, 0.3) is 0 Å². The summed E-state index contributed by atoms with van der Waals surface area (Å²) >= 11 is 0. The lowest BCUT2D eigenvalue weighted by atomic mass is 9.69. The minimum absolute atomic E-state index is 0.539. The summed E-state index contributed by atoms with van der Waals surface area (Å²) in [6.07, 6.45) is 0. The number of hydrogen-bond acceptors (Lipinski definition) is 1. The number of rotatable bonds is 4. The molecule has 2 nitrogen and oxygen atoms in total. The Morgan fingerprint density at radius 2 is 1.14 bits per heavy atom. The Hall–Kier alpha value is -3.65. The van der Waals surface area contributed by atoms with Crippen LogP contribution in [0.25, 0.3) is 11.0 Å². The first-order valence-electron chi connectivity index (χ1n) is 9.42. The van der Waals surface area contributed by atoms with Crippen LogP contribution in [-0.4, -0.2) is 9.97 Å². The van der Waals surface area contributed by atoms with E-state index in [1.54, 1.807) is 0 Å². The van der Waals surface area contributed by atoms with Crippen molar-refractivity contribution >= 4 is 11.0 Å². The minimum Gasteiger partial charge on any atom is -0.341 e. The van der Waals surface area contributed by atoms with Gasteiger partial charge < -0.3 is 4.98 Å². The molecule has 1 N–H and O–H groups in total. The van der Waals surface area contributed by atoms with E-state index in [-0.39, 0.29) is 0 Å². The van der Waals surface area contributed by atoms with Gasteiger partial charge in [-0.3, -0.25) is 0 Å². The Kier molecular flexibility index (Phi) is 4.02. The second kappa shape index (κ2) is 6.82. The average Bonchev–Trinajstić information content (AvgIpc) is 3.21. The van der Waals surface area contributed by atoms with Gasteiger partial charge in [0.05, 0.1) is 11.0 Å². The van der Waals surface area contributed by atoms with Crippen LogP contribution in [0.1, 0.15) is 22.5 Å². The Labute approximate surface area is 164 Å². The quantitative estimate of drug-likeness (QED) is 0.407. The summed E-state index contributed by atoms with van der Waals surface area (Å²) in [6.45, 7) is 0. The van der Waals surface area contributed by atoms with Gasteiger partial charge in [-0.15, -0.1) is 0 Å². The Morgan fingerprint density at radius 3 is 1.61 bits per heavy atom. The summed E-state index contributed by atoms with van der Waals surface area (Å²) in [7, 11) is 0. The molecule has 0 atom stereocenters. The highest BCUT2D eigenvalue weighted by Gasteiger charge is 2.41. The van der Waals surface area contributed by atoms with Crippen molar-refractivity contribution in [2.24, 2.45) is 0 Å². The second-order valence-electron chi connectivity index (χ2n) is 6.88. The minimum atomic E-state index is -0.539. The molecular weight excluding hydrogens is 340 g/mol. The highest BCUT2D eigenvalue weighted by molar-refractivity contribution is 5.76. The largest absolute Gasteiger partial charge is 0.341 e. The molecule has 0 bridgehead atoms. The van der Waals surface area contributed by atoms with Crippen LogP contribution in [0.3, 0.4) is 0 Å². The molecule has 1 heterocycles. The average molecular weight is 359 g/mol. The van der Waals surface area contributed by atoms with Crippen LogP contribution in [0.2, 0.25) is 0 Å². The Bertz CT molecular complexity index is 1060. The number of nitrogens with one attached hydrogen (secondary N) is 1. The maximum absolute atomic E-state index is 5.03. The van der Waals surface area contributed by atoms with Crippen molar-refractivity contribution in [1.29, 1.82) is 0 Å². The molecule has 0 aliphatic carbocycles. The van der Waals surface area contributed by atoms with Gasteiger partial charge in [-0.05, 0) is 34.9 Å². The third-order valence-corrected chi connectivity index (χ3v) is 5.30. The first-order valence-corrected chi connectivity index (χ1v) is 9.42. The van der Waals surface area contributed by atoms with Crippen molar-refractivity contribution in [2.75, 3.05) is 0 Å². The summed E-state index contributed by atoms with van der Waals surface area (Å²) in [5.74, 6) is 0.908. The van der Waals surface area contributed by atoms with Crippen LogP contribution in [-0.2, 0) is 5.41 Å². The lowest BCUT2D eigenvalue weighted by Gasteiger charge is -2.34. The first-order chi connectivity index (χ1) is 13.9. The van der Waals surface area contributed by atoms with Crippen LogP contribution in [0.4, 0.5) is 0 Å². The molecule has 0 amide bonds. The number of hydrogen-bond donors (Lipinski definition) is 1. The summed E-state index contributed by atoms with van der Waals surface area (Å²) in [6, 6.07) is 40.8. The van der Waals surface area contributed by atoms with Gasteiger partial charge in [0.2, 0.25) is 0 Å². The van der Waals surface area contributed by atoms with Gasteiger partial charge in [0.15, 0.2) is 0 Å². The zero-order chi connectivity index (χ0) is 18.8. The maximum atomic E-state index is 5.03. The summed E-state index contributed by atoms with van der Waals surface area (Å²) in [5, 5.41) is 0. The summed E-state index contributed by atoms with van der Waals surface area (Å²) in [4.78, 5) is 8.63. The molecule has 0 saturated carbocycles. The summed E-state index contributed by atoms with van der Waals surface area (Å²) < 4.78 is 0. The van der Waals surface area contributed by atoms with Crippen LogP contribution < -0.4 is 0 Å². The fourth-order valence-corrected chi connectivity index (χ4v) is 4.05. The van der Waals surface area contributed by atoms with Gasteiger partial charge in [0.1, 0.15) is 11.2 Å². The highest BCUT2D eigenvalue weighted by atomic mass is 14.9. The maximum Gasteiger partial charge on any atom is 0.126 e. The van der Waals surface area contributed by atoms with E-state index in [2.05, 4.69) is 102 Å². The lowest BCUT2D eigenvalue weighted by Crippen LogP contribution is -2.32. The third-order valence-electron chi connectivity index (χ3n) is 5.30. The van der Waals surface area contributed by atoms with E-state index < -0.39 is 5.41 Å². The molecule has 5 rings (SSSR count). The third kappa shape index (κ3) is 2.54. The molecule has 0 spiro atoms. The molecule has 0 unspecified atom stereocenters. The van der Waals surface area contributed by atoms with E-state index >= 15 is 0 Å². The van der Waals surface area contributed by atoms with Gasteiger partial charge in [0, 0.05) is 0 Å².